The van der Waals surface area contributed by atoms with Crippen LogP contribution in [0.4, 0.5) is 8.78 Å². The Morgan fingerprint density at radius 1 is 1.13 bits per heavy atom. The Hall–Kier alpha value is -0.930. The maximum atomic E-state index is 14.1. The van der Waals surface area contributed by atoms with Crippen molar-refractivity contribution in [1.29, 1.82) is 0 Å². The molecule has 0 bridgehead atoms. The van der Waals surface area contributed by atoms with Crippen LogP contribution in [0.1, 0.15) is 85.0 Å². The van der Waals surface area contributed by atoms with Crippen LogP contribution in [0.15, 0.2) is 11.6 Å². The second kappa shape index (κ2) is 7.59. The fourth-order valence-corrected chi connectivity index (χ4v) is 8.34. The van der Waals surface area contributed by atoms with Crippen LogP contribution >= 0.6 is 0 Å². The van der Waals surface area contributed by atoms with Crippen LogP contribution in [0.2, 0.25) is 0 Å². The van der Waals surface area contributed by atoms with E-state index >= 15 is 0 Å². The summed E-state index contributed by atoms with van der Waals surface area (Å²) in [5.41, 5.74) is 1.41. The number of allylic oxidation sites excluding steroid dienone is 2. The van der Waals surface area contributed by atoms with E-state index in [1.807, 2.05) is 14.1 Å². The SMILES string of the molecule is C[C@H](CCC(=O)N(C)C)[C@H]1CC[C@H]2[C@@H]3CC=C4CC(F)(F)CC[C@]4(C)[C@H]3CC[C@]12C. The zero-order chi connectivity index (χ0) is 21.9. The van der Waals surface area contributed by atoms with E-state index in [4.69, 9.17) is 0 Å². The average Bonchev–Trinajstić information content (AvgIpc) is 3.03. The average molecular weight is 422 g/mol. The minimum Gasteiger partial charge on any atom is -0.349 e. The van der Waals surface area contributed by atoms with Crippen molar-refractivity contribution >= 4 is 5.91 Å². The third-order valence-electron chi connectivity index (χ3n) is 10.2. The number of fused-ring (bicyclic) bond motifs is 5. The van der Waals surface area contributed by atoms with Crippen molar-refractivity contribution in [2.24, 2.45) is 40.4 Å². The molecule has 4 heteroatoms. The lowest BCUT2D eigenvalue weighted by atomic mass is 9.47. The molecule has 4 rings (SSSR count). The Morgan fingerprint density at radius 2 is 1.87 bits per heavy atom. The number of carbonyl (C=O) groups excluding carboxylic acids is 1. The molecule has 0 radical (unpaired) electrons. The Bertz CT molecular complexity index is 716. The van der Waals surface area contributed by atoms with Gasteiger partial charge in [0, 0.05) is 33.4 Å². The van der Waals surface area contributed by atoms with Crippen LogP contribution in [-0.4, -0.2) is 30.8 Å². The molecule has 0 saturated heterocycles. The first-order valence-electron chi connectivity index (χ1n) is 12.3. The number of carbonyl (C=O) groups is 1. The van der Waals surface area contributed by atoms with Crippen LogP contribution in [-0.2, 0) is 4.79 Å². The van der Waals surface area contributed by atoms with Gasteiger partial charge in [-0.3, -0.25) is 4.79 Å². The van der Waals surface area contributed by atoms with E-state index in [1.54, 1.807) is 4.90 Å². The number of halogens is 2. The number of amides is 1. The van der Waals surface area contributed by atoms with E-state index in [-0.39, 0.29) is 24.2 Å². The van der Waals surface area contributed by atoms with Crippen LogP contribution in [0.5, 0.6) is 0 Å². The van der Waals surface area contributed by atoms with Gasteiger partial charge in [-0.1, -0.05) is 32.4 Å². The number of nitrogens with zero attached hydrogens (tertiary/aromatic N) is 1. The van der Waals surface area contributed by atoms with Crippen LogP contribution < -0.4 is 0 Å². The quantitative estimate of drug-likeness (QED) is 0.462. The van der Waals surface area contributed by atoms with Gasteiger partial charge >= 0.3 is 0 Å². The second-order valence-electron chi connectivity index (χ2n) is 11.8. The molecule has 4 aliphatic rings. The summed E-state index contributed by atoms with van der Waals surface area (Å²) in [4.78, 5) is 13.8. The first-order valence-corrected chi connectivity index (χ1v) is 12.3. The van der Waals surface area contributed by atoms with Crippen molar-refractivity contribution < 1.29 is 13.6 Å². The minimum absolute atomic E-state index is 0.00574. The van der Waals surface area contributed by atoms with Crippen molar-refractivity contribution in [3.8, 4) is 0 Å². The van der Waals surface area contributed by atoms with Crippen molar-refractivity contribution in [3.05, 3.63) is 11.6 Å². The molecule has 170 valence electrons. The van der Waals surface area contributed by atoms with Crippen molar-refractivity contribution in [2.75, 3.05) is 14.1 Å². The van der Waals surface area contributed by atoms with Gasteiger partial charge in [0.15, 0.2) is 0 Å². The van der Waals surface area contributed by atoms with Crippen LogP contribution in [0, 0.1) is 40.4 Å². The van der Waals surface area contributed by atoms with E-state index in [2.05, 4.69) is 26.8 Å². The maximum Gasteiger partial charge on any atom is 0.251 e. The monoisotopic (exact) mass is 421 g/mol. The lowest BCUT2D eigenvalue weighted by Gasteiger charge is -2.58. The molecule has 0 aromatic rings. The third kappa shape index (κ3) is 3.54. The van der Waals surface area contributed by atoms with E-state index < -0.39 is 5.92 Å². The summed E-state index contributed by atoms with van der Waals surface area (Å²) in [6.45, 7) is 7.18. The molecule has 0 aliphatic heterocycles. The highest BCUT2D eigenvalue weighted by Gasteiger charge is 2.60. The molecule has 7 atom stereocenters. The lowest BCUT2D eigenvalue weighted by Crippen LogP contribution is -2.51. The normalized spacial score (nSPS) is 43.1. The highest BCUT2D eigenvalue weighted by Crippen LogP contribution is 2.68. The smallest absolute Gasteiger partial charge is 0.251 e. The second-order valence-corrected chi connectivity index (χ2v) is 11.8. The summed E-state index contributed by atoms with van der Waals surface area (Å²) in [6.07, 6.45) is 10.6. The summed E-state index contributed by atoms with van der Waals surface area (Å²) >= 11 is 0. The summed E-state index contributed by atoms with van der Waals surface area (Å²) in [5.74, 6) is 0.939. The van der Waals surface area contributed by atoms with Gasteiger partial charge in [0.1, 0.15) is 0 Å². The van der Waals surface area contributed by atoms with Gasteiger partial charge in [0.2, 0.25) is 5.91 Å². The Kier molecular flexibility index (Phi) is 5.63. The van der Waals surface area contributed by atoms with Gasteiger partial charge in [0.05, 0.1) is 0 Å². The standard InChI is InChI=1S/C26H41F2NO/c1-17(6-11-23(30)29(4)5)20-9-10-21-19-8-7-18-16-26(27,28)15-14-24(18,2)22(19)12-13-25(20,21)3/h7,17,19-22H,6,8-16H2,1-5H3/t17-,19+,20-,21+,22+,24+,25-/m1/s1. The summed E-state index contributed by atoms with van der Waals surface area (Å²) in [7, 11) is 3.68. The van der Waals surface area contributed by atoms with Crippen LogP contribution in [0.3, 0.4) is 0 Å². The highest BCUT2D eigenvalue weighted by molar-refractivity contribution is 5.75. The Labute approximate surface area is 181 Å². The fraction of sp³-hybridized carbons (Fsp3) is 0.885. The largest absolute Gasteiger partial charge is 0.349 e. The predicted molar refractivity (Wildman–Crippen MR) is 117 cm³/mol. The van der Waals surface area contributed by atoms with Gasteiger partial charge in [-0.25, -0.2) is 8.78 Å². The molecule has 0 unspecified atom stereocenters. The number of hydrogen-bond donors (Lipinski definition) is 0. The van der Waals surface area contributed by atoms with Crippen molar-refractivity contribution in [3.63, 3.8) is 0 Å². The minimum atomic E-state index is -2.50. The van der Waals surface area contributed by atoms with Crippen molar-refractivity contribution in [2.45, 2.75) is 90.9 Å². The number of hydrogen-bond acceptors (Lipinski definition) is 1. The highest BCUT2D eigenvalue weighted by atomic mass is 19.3. The lowest BCUT2D eigenvalue weighted by molar-refractivity contribution is -0.129. The van der Waals surface area contributed by atoms with E-state index in [9.17, 15) is 13.6 Å². The van der Waals surface area contributed by atoms with E-state index in [1.165, 1.54) is 25.7 Å². The summed E-state index contributed by atoms with van der Waals surface area (Å²) in [6, 6.07) is 0. The van der Waals surface area contributed by atoms with Crippen LogP contribution in [0.25, 0.3) is 0 Å². The molecule has 0 N–H and O–H groups in total. The molecule has 2 nitrogen and oxygen atoms in total. The predicted octanol–water partition coefficient (Wildman–Crippen LogP) is 6.71. The molecular formula is C26H41F2NO. The molecular weight excluding hydrogens is 380 g/mol. The van der Waals surface area contributed by atoms with Crippen molar-refractivity contribution in [1.82, 2.24) is 4.90 Å². The molecule has 30 heavy (non-hydrogen) atoms. The van der Waals surface area contributed by atoms with Gasteiger partial charge in [-0.2, -0.15) is 0 Å². The molecule has 1 amide bonds. The van der Waals surface area contributed by atoms with Gasteiger partial charge < -0.3 is 4.90 Å². The number of alkyl halides is 2. The molecule has 3 saturated carbocycles. The first-order chi connectivity index (χ1) is 14.0. The summed E-state index contributed by atoms with van der Waals surface area (Å²) < 4.78 is 28.2. The molecule has 0 aromatic carbocycles. The van der Waals surface area contributed by atoms with E-state index in [0.29, 0.717) is 47.8 Å². The van der Waals surface area contributed by atoms with Gasteiger partial charge in [-0.15, -0.1) is 0 Å². The maximum absolute atomic E-state index is 14.1. The summed E-state index contributed by atoms with van der Waals surface area (Å²) in [5, 5.41) is 0. The molecule has 0 spiro atoms. The number of rotatable bonds is 4. The van der Waals surface area contributed by atoms with Gasteiger partial charge in [-0.05, 0) is 85.4 Å². The first kappa shape index (κ1) is 22.3. The zero-order valence-corrected chi connectivity index (χ0v) is 19.6. The molecule has 4 aliphatic carbocycles. The van der Waals surface area contributed by atoms with Gasteiger partial charge in [0.25, 0.3) is 5.92 Å². The Morgan fingerprint density at radius 3 is 2.57 bits per heavy atom. The molecule has 0 heterocycles. The zero-order valence-electron chi connectivity index (χ0n) is 19.6. The third-order valence-corrected chi connectivity index (χ3v) is 10.2. The van der Waals surface area contributed by atoms with E-state index in [0.717, 1.165) is 18.4 Å². The Balaban J connectivity index is 1.50. The fourth-order valence-electron chi connectivity index (χ4n) is 8.34. The molecule has 0 aromatic heterocycles. The molecule has 3 fully saturated rings. The topological polar surface area (TPSA) is 20.3 Å².